The Bertz CT molecular complexity index is 325. The fourth-order valence-electron chi connectivity index (χ4n) is 3.27. The van der Waals surface area contributed by atoms with Crippen LogP contribution in [0.5, 0.6) is 0 Å². The molecule has 1 fully saturated rings. The molecule has 1 atom stereocenters. The summed E-state index contributed by atoms with van der Waals surface area (Å²) in [7, 11) is 0. The third kappa shape index (κ3) is 2.05. The van der Waals surface area contributed by atoms with Gasteiger partial charge in [-0.15, -0.1) is 0 Å². The average Bonchev–Trinajstić information content (AvgIpc) is 2.20. The van der Waals surface area contributed by atoms with Crippen LogP contribution in [-0.4, -0.2) is 34.0 Å². The van der Waals surface area contributed by atoms with E-state index >= 15 is 0 Å². The lowest BCUT2D eigenvalue weighted by Gasteiger charge is -2.52. The fraction of sp³-hybridized carbons (Fsp3) is 0.846. The summed E-state index contributed by atoms with van der Waals surface area (Å²) in [4.78, 5) is 25.1. The van der Waals surface area contributed by atoms with Gasteiger partial charge in [0.2, 0.25) is 5.91 Å². The molecule has 1 amide bonds. The molecule has 1 unspecified atom stereocenters. The minimum absolute atomic E-state index is 0.148. The third-order valence-corrected chi connectivity index (χ3v) is 4.22. The Balaban J connectivity index is 3.28. The lowest BCUT2D eigenvalue weighted by atomic mass is 9.62. The van der Waals surface area contributed by atoms with Gasteiger partial charge in [0.1, 0.15) is 5.54 Å². The van der Waals surface area contributed by atoms with Gasteiger partial charge in [-0.25, -0.2) is 4.79 Å². The third-order valence-electron chi connectivity index (χ3n) is 4.22. The molecule has 4 heteroatoms. The Morgan fingerprint density at radius 1 is 1.24 bits per heavy atom. The SMILES string of the molecule is CCN(C(C)=O)C1(C(=O)O)CCCCC1(C)C. The summed E-state index contributed by atoms with van der Waals surface area (Å²) in [6.07, 6.45) is 3.32. The van der Waals surface area contributed by atoms with Crippen LogP contribution in [0.4, 0.5) is 0 Å². The van der Waals surface area contributed by atoms with E-state index in [-0.39, 0.29) is 11.3 Å². The second-order valence-electron chi connectivity index (χ2n) is 5.52. The Morgan fingerprint density at radius 3 is 2.12 bits per heavy atom. The molecule has 1 saturated carbocycles. The number of amides is 1. The van der Waals surface area contributed by atoms with Crippen molar-refractivity contribution in [3.8, 4) is 0 Å². The van der Waals surface area contributed by atoms with E-state index in [1.165, 1.54) is 11.8 Å². The van der Waals surface area contributed by atoms with Gasteiger partial charge >= 0.3 is 5.97 Å². The standard InChI is InChI=1S/C13H23NO3/c1-5-14(10(2)15)13(11(16)17)9-7-6-8-12(13,3)4/h5-9H2,1-4H3,(H,16,17). The van der Waals surface area contributed by atoms with Crippen molar-refractivity contribution < 1.29 is 14.7 Å². The van der Waals surface area contributed by atoms with Crippen LogP contribution >= 0.6 is 0 Å². The normalized spacial score (nSPS) is 27.5. The van der Waals surface area contributed by atoms with Crippen LogP contribution in [0.25, 0.3) is 0 Å². The first-order valence-corrected chi connectivity index (χ1v) is 6.31. The molecule has 0 saturated heterocycles. The molecule has 0 aromatic rings. The van der Waals surface area contributed by atoms with E-state index in [1.807, 2.05) is 20.8 Å². The maximum absolute atomic E-state index is 11.8. The summed E-state index contributed by atoms with van der Waals surface area (Å²) in [5.74, 6) is -1.01. The molecule has 0 radical (unpaired) electrons. The lowest BCUT2D eigenvalue weighted by molar-refractivity contribution is -0.172. The molecule has 0 aromatic carbocycles. The average molecular weight is 241 g/mol. The number of carbonyl (C=O) groups excluding carboxylic acids is 1. The number of carboxylic acids is 1. The molecule has 1 N–H and O–H groups in total. The Labute approximate surface area is 103 Å². The maximum atomic E-state index is 11.8. The summed E-state index contributed by atoms with van der Waals surface area (Å²) in [5.41, 5.74) is -1.41. The fourth-order valence-corrected chi connectivity index (χ4v) is 3.27. The molecule has 4 nitrogen and oxygen atoms in total. The van der Waals surface area contributed by atoms with Crippen LogP contribution in [-0.2, 0) is 9.59 Å². The van der Waals surface area contributed by atoms with Gasteiger partial charge in [-0.2, -0.15) is 0 Å². The highest BCUT2D eigenvalue weighted by atomic mass is 16.4. The molecule has 1 rings (SSSR count). The first kappa shape index (κ1) is 14.0. The second-order valence-corrected chi connectivity index (χ2v) is 5.52. The first-order chi connectivity index (χ1) is 7.79. The molecular weight excluding hydrogens is 218 g/mol. The van der Waals surface area contributed by atoms with E-state index in [9.17, 15) is 14.7 Å². The molecule has 1 aliphatic carbocycles. The summed E-state index contributed by atoms with van der Waals surface area (Å²) >= 11 is 0. The van der Waals surface area contributed by atoms with Crippen LogP contribution in [0, 0.1) is 5.41 Å². The van der Waals surface area contributed by atoms with Gasteiger partial charge in [0, 0.05) is 13.5 Å². The van der Waals surface area contributed by atoms with Gasteiger partial charge in [0.05, 0.1) is 0 Å². The van der Waals surface area contributed by atoms with Crippen molar-refractivity contribution in [1.29, 1.82) is 0 Å². The second kappa shape index (κ2) is 4.67. The van der Waals surface area contributed by atoms with Crippen LogP contribution in [0.1, 0.15) is 53.4 Å². The monoisotopic (exact) mass is 241 g/mol. The van der Waals surface area contributed by atoms with E-state index in [4.69, 9.17) is 0 Å². The van der Waals surface area contributed by atoms with Gasteiger partial charge in [0.15, 0.2) is 0 Å². The minimum Gasteiger partial charge on any atom is -0.479 e. The zero-order valence-electron chi connectivity index (χ0n) is 11.2. The van der Waals surface area contributed by atoms with E-state index in [0.29, 0.717) is 13.0 Å². The van der Waals surface area contributed by atoms with Crippen molar-refractivity contribution in [2.24, 2.45) is 5.41 Å². The topological polar surface area (TPSA) is 57.6 Å². The Kier molecular flexibility index (Phi) is 3.84. The van der Waals surface area contributed by atoms with E-state index < -0.39 is 11.5 Å². The van der Waals surface area contributed by atoms with Crippen molar-refractivity contribution in [2.75, 3.05) is 6.54 Å². The van der Waals surface area contributed by atoms with E-state index in [1.54, 1.807) is 0 Å². The van der Waals surface area contributed by atoms with Crippen LogP contribution in [0.3, 0.4) is 0 Å². The molecule has 0 spiro atoms. The molecular formula is C13H23NO3. The zero-order valence-corrected chi connectivity index (χ0v) is 11.2. The Hall–Kier alpha value is -1.06. The predicted octanol–water partition coefficient (Wildman–Crippen LogP) is 2.28. The number of hydrogen-bond acceptors (Lipinski definition) is 2. The quantitative estimate of drug-likeness (QED) is 0.824. The highest BCUT2D eigenvalue weighted by Gasteiger charge is 2.56. The van der Waals surface area contributed by atoms with Crippen molar-refractivity contribution in [2.45, 2.75) is 58.9 Å². The number of aliphatic carboxylic acids is 1. The first-order valence-electron chi connectivity index (χ1n) is 6.31. The highest BCUT2D eigenvalue weighted by molar-refractivity contribution is 5.87. The summed E-state index contributed by atoms with van der Waals surface area (Å²) in [6, 6.07) is 0. The number of hydrogen-bond donors (Lipinski definition) is 1. The van der Waals surface area contributed by atoms with Crippen molar-refractivity contribution in [3.05, 3.63) is 0 Å². The lowest BCUT2D eigenvalue weighted by Crippen LogP contribution is -2.65. The van der Waals surface area contributed by atoms with Crippen LogP contribution in [0.2, 0.25) is 0 Å². The maximum Gasteiger partial charge on any atom is 0.330 e. The number of carboxylic acid groups (broad SMARTS) is 1. The van der Waals surface area contributed by atoms with E-state index in [0.717, 1.165) is 19.3 Å². The van der Waals surface area contributed by atoms with E-state index in [2.05, 4.69) is 0 Å². The zero-order chi connectivity index (χ0) is 13.3. The summed E-state index contributed by atoms with van der Waals surface area (Å²) in [6.45, 7) is 7.68. The summed E-state index contributed by atoms with van der Waals surface area (Å²) in [5, 5.41) is 9.68. The van der Waals surface area contributed by atoms with Crippen molar-refractivity contribution >= 4 is 11.9 Å². The van der Waals surface area contributed by atoms with Gasteiger partial charge in [-0.3, -0.25) is 4.79 Å². The highest BCUT2D eigenvalue weighted by Crippen LogP contribution is 2.47. The molecule has 98 valence electrons. The molecule has 0 aromatic heterocycles. The number of rotatable bonds is 3. The largest absolute Gasteiger partial charge is 0.479 e. The van der Waals surface area contributed by atoms with Gasteiger partial charge in [-0.1, -0.05) is 26.7 Å². The van der Waals surface area contributed by atoms with Gasteiger partial charge < -0.3 is 10.0 Å². The Morgan fingerprint density at radius 2 is 1.76 bits per heavy atom. The van der Waals surface area contributed by atoms with Gasteiger partial charge in [-0.05, 0) is 25.2 Å². The molecule has 0 bridgehead atoms. The predicted molar refractivity (Wildman–Crippen MR) is 65.7 cm³/mol. The smallest absolute Gasteiger partial charge is 0.330 e. The number of likely N-dealkylation sites (N-methyl/N-ethyl adjacent to an activating group) is 1. The van der Waals surface area contributed by atoms with Crippen molar-refractivity contribution in [3.63, 3.8) is 0 Å². The van der Waals surface area contributed by atoms with Gasteiger partial charge in [0.25, 0.3) is 0 Å². The molecule has 17 heavy (non-hydrogen) atoms. The minimum atomic E-state index is -1.04. The van der Waals surface area contributed by atoms with Crippen LogP contribution < -0.4 is 0 Å². The summed E-state index contributed by atoms with van der Waals surface area (Å²) < 4.78 is 0. The van der Waals surface area contributed by atoms with Crippen molar-refractivity contribution in [1.82, 2.24) is 4.90 Å². The molecule has 0 heterocycles. The molecule has 0 aliphatic heterocycles. The number of nitrogens with zero attached hydrogens (tertiary/aromatic N) is 1. The number of carbonyl (C=O) groups is 2. The molecule has 1 aliphatic rings. The van der Waals surface area contributed by atoms with Crippen LogP contribution in [0.15, 0.2) is 0 Å².